The van der Waals surface area contributed by atoms with Crippen molar-refractivity contribution in [2.75, 3.05) is 4.90 Å². The van der Waals surface area contributed by atoms with E-state index in [1.807, 2.05) is 24.3 Å². The molecule has 0 bridgehead atoms. The lowest BCUT2D eigenvalue weighted by Gasteiger charge is -2.27. The smallest absolute Gasteiger partial charge is 0.0992 e. The minimum absolute atomic E-state index is 0.624. The standard InChI is InChI=1S/C51H30N2/c52-31-32-11-8-14-36(27-32)53(35-12-2-1-3-13-35)37-29-33(38-23-25-48-42-17-6-4-15-40(42)46-21-9-19-44(38)50(46)48)28-34(30-37)39-24-26-49-43-18-7-5-16-41(43)47-22-10-20-45(39)51(47)49/h1-30H. The van der Waals surface area contributed by atoms with Gasteiger partial charge in [0.1, 0.15) is 0 Å². The number of nitriles is 1. The van der Waals surface area contributed by atoms with E-state index in [-0.39, 0.29) is 0 Å². The fraction of sp³-hybridized carbons (Fsp3) is 0. The first-order chi connectivity index (χ1) is 26.2. The largest absolute Gasteiger partial charge is 0.310 e. The highest BCUT2D eigenvalue weighted by molar-refractivity contribution is 6.20. The van der Waals surface area contributed by atoms with Gasteiger partial charge in [0.25, 0.3) is 0 Å². The van der Waals surface area contributed by atoms with Crippen molar-refractivity contribution in [2.45, 2.75) is 0 Å². The third kappa shape index (κ3) is 4.38. The number of rotatable bonds is 5. The van der Waals surface area contributed by atoms with Crippen LogP contribution in [0.25, 0.3) is 88.3 Å². The summed E-state index contributed by atoms with van der Waals surface area (Å²) >= 11 is 0. The molecule has 0 N–H and O–H groups in total. The molecular formula is C51H30N2. The quantitative estimate of drug-likeness (QED) is 0.182. The molecule has 0 heterocycles. The van der Waals surface area contributed by atoms with E-state index in [1.165, 1.54) is 77.2 Å². The van der Waals surface area contributed by atoms with Crippen LogP contribution in [0.5, 0.6) is 0 Å². The van der Waals surface area contributed by atoms with E-state index in [4.69, 9.17) is 0 Å². The lowest BCUT2D eigenvalue weighted by atomic mass is 9.89. The summed E-state index contributed by atoms with van der Waals surface area (Å²) in [6, 6.07) is 67.9. The van der Waals surface area contributed by atoms with Crippen LogP contribution in [-0.4, -0.2) is 0 Å². The predicted octanol–water partition coefficient (Wildman–Crippen LogP) is 14.0. The summed E-state index contributed by atoms with van der Waals surface area (Å²) in [6.45, 7) is 0. The summed E-state index contributed by atoms with van der Waals surface area (Å²) in [5.41, 5.74) is 18.6. The molecule has 53 heavy (non-hydrogen) atoms. The third-order valence-corrected chi connectivity index (χ3v) is 11.1. The monoisotopic (exact) mass is 670 g/mol. The van der Waals surface area contributed by atoms with Crippen LogP contribution >= 0.6 is 0 Å². The first-order valence-electron chi connectivity index (χ1n) is 18.1. The van der Waals surface area contributed by atoms with E-state index >= 15 is 0 Å². The fourth-order valence-electron chi connectivity index (χ4n) is 8.91. The van der Waals surface area contributed by atoms with Crippen LogP contribution in [0.15, 0.2) is 182 Å². The van der Waals surface area contributed by atoms with Gasteiger partial charge in [-0.1, -0.05) is 133 Å². The summed E-state index contributed by atoms with van der Waals surface area (Å²) in [5, 5.41) is 15.0. The van der Waals surface area contributed by atoms with Crippen LogP contribution in [0.3, 0.4) is 0 Å². The van der Waals surface area contributed by atoms with Gasteiger partial charge in [-0.2, -0.15) is 5.26 Å². The van der Waals surface area contributed by atoms with E-state index in [2.05, 4.69) is 169 Å². The Morgan fingerprint density at radius 3 is 1.28 bits per heavy atom. The summed E-state index contributed by atoms with van der Waals surface area (Å²) in [4.78, 5) is 2.28. The van der Waals surface area contributed by atoms with Crippen molar-refractivity contribution in [1.29, 1.82) is 5.26 Å². The van der Waals surface area contributed by atoms with Crippen LogP contribution in [0.4, 0.5) is 17.1 Å². The van der Waals surface area contributed by atoms with Crippen molar-refractivity contribution in [2.24, 2.45) is 0 Å². The highest BCUT2D eigenvalue weighted by atomic mass is 15.1. The molecule has 0 amide bonds. The van der Waals surface area contributed by atoms with Gasteiger partial charge in [0.2, 0.25) is 0 Å². The highest BCUT2D eigenvalue weighted by Crippen LogP contribution is 2.52. The van der Waals surface area contributed by atoms with Gasteiger partial charge in [0, 0.05) is 17.1 Å². The van der Waals surface area contributed by atoms with Crippen molar-refractivity contribution in [3.63, 3.8) is 0 Å². The van der Waals surface area contributed by atoms with E-state index in [1.54, 1.807) is 0 Å². The second-order valence-corrected chi connectivity index (χ2v) is 14.0. The molecule has 0 aliphatic heterocycles. The molecule has 244 valence electrons. The Kier molecular flexibility index (Phi) is 6.35. The maximum Gasteiger partial charge on any atom is 0.0992 e. The number of para-hydroxylation sites is 1. The topological polar surface area (TPSA) is 27.0 Å². The molecule has 2 heteroatoms. The Morgan fingerprint density at radius 1 is 0.321 bits per heavy atom. The lowest BCUT2D eigenvalue weighted by molar-refractivity contribution is 1.28. The molecule has 0 unspecified atom stereocenters. The van der Waals surface area contributed by atoms with E-state index in [0.717, 1.165) is 28.2 Å². The molecular weight excluding hydrogens is 641 g/mol. The zero-order chi connectivity index (χ0) is 35.0. The minimum atomic E-state index is 0.624. The van der Waals surface area contributed by atoms with E-state index < -0.39 is 0 Å². The first kappa shape index (κ1) is 29.5. The second-order valence-electron chi connectivity index (χ2n) is 14.0. The summed E-state index contributed by atoms with van der Waals surface area (Å²) in [7, 11) is 0. The first-order valence-corrected chi connectivity index (χ1v) is 18.1. The van der Waals surface area contributed by atoms with Gasteiger partial charge in [0.15, 0.2) is 0 Å². The lowest BCUT2D eigenvalue weighted by Crippen LogP contribution is -2.10. The SMILES string of the molecule is N#Cc1cccc(N(c2ccccc2)c2cc(-c3ccc4c5c(cccc35)-c3ccccc3-4)cc(-c3ccc4c5c(cccc35)-c3ccccc3-4)c2)c1. The van der Waals surface area contributed by atoms with Gasteiger partial charge in [-0.25, -0.2) is 0 Å². The maximum absolute atomic E-state index is 9.93. The van der Waals surface area contributed by atoms with Crippen LogP contribution in [0, 0.1) is 11.3 Å². The summed E-state index contributed by atoms with van der Waals surface area (Å²) < 4.78 is 0. The van der Waals surface area contributed by atoms with Crippen molar-refractivity contribution in [3.05, 3.63) is 188 Å². The maximum atomic E-state index is 9.93. The van der Waals surface area contributed by atoms with E-state index in [0.29, 0.717) is 5.56 Å². The van der Waals surface area contributed by atoms with Gasteiger partial charge in [-0.15, -0.1) is 0 Å². The van der Waals surface area contributed by atoms with Gasteiger partial charge in [-0.05, 0) is 137 Å². The molecule has 0 aromatic heterocycles. The number of anilines is 3. The molecule has 11 rings (SSSR count). The molecule has 2 nitrogen and oxygen atoms in total. The average Bonchev–Trinajstić information content (AvgIpc) is 3.73. The Hall–Kier alpha value is -7.21. The number of hydrogen-bond donors (Lipinski definition) is 0. The van der Waals surface area contributed by atoms with Crippen LogP contribution < -0.4 is 4.90 Å². The minimum Gasteiger partial charge on any atom is -0.310 e. The molecule has 0 fully saturated rings. The zero-order valence-electron chi connectivity index (χ0n) is 28.7. The average molecular weight is 671 g/mol. The van der Waals surface area contributed by atoms with Crippen LogP contribution in [0.1, 0.15) is 5.56 Å². The van der Waals surface area contributed by atoms with Crippen LogP contribution in [0.2, 0.25) is 0 Å². The highest BCUT2D eigenvalue weighted by Gasteiger charge is 2.25. The van der Waals surface area contributed by atoms with Gasteiger partial charge in [0.05, 0.1) is 11.6 Å². The third-order valence-electron chi connectivity index (χ3n) is 11.1. The molecule has 0 spiro atoms. The van der Waals surface area contributed by atoms with Gasteiger partial charge >= 0.3 is 0 Å². The van der Waals surface area contributed by atoms with Crippen LogP contribution in [-0.2, 0) is 0 Å². The Bertz CT molecular complexity index is 2810. The predicted molar refractivity (Wildman–Crippen MR) is 221 cm³/mol. The Morgan fingerprint density at radius 2 is 0.755 bits per heavy atom. The number of hydrogen-bond acceptors (Lipinski definition) is 2. The zero-order valence-corrected chi connectivity index (χ0v) is 28.7. The van der Waals surface area contributed by atoms with Gasteiger partial charge in [-0.3, -0.25) is 0 Å². The number of fused-ring (bicyclic) bond motifs is 6. The molecule has 9 aromatic rings. The van der Waals surface area contributed by atoms with Crippen molar-refractivity contribution in [3.8, 4) is 72.8 Å². The number of benzene rings is 9. The molecule has 0 saturated heterocycles. The molecule has 0 saturated carbocycles. The normalized spacial score (nSPS) is 11.8. The number of nitrogens with zero attached hydrogens (tertiary/aromatic N) is 2. The molecule has 2 aliphatic carbocycles. The fourth-order valence-corrected chi connectivity index (χ4v) is 8.91. The summed E-state index contributed by atoms with van der Waals surface area (Å²) in [5.74, 6) is 0. The Balaban J connectivity index is 1.20. The van der Waals surface area contributed by atoms with Gasteiger partial charge < -0.3 is 4.90 Å². The molecule has 0 radical (unpaired) electrons. The molecule has 2 aliphatic rings. The second kappa shape index (κ2) is 11.4. The molecule has 0 atom stereocenters. The van der Waals surface area contributed by atoms with Crippen molar-refractivity contribution < 1.29 is 0 Å². The molecule has 9 aromatic carbocycles. The van der Waals surface area contributed by atoms with Crippen molar-refractivity contribution in [1.82, 2.24) is 0 Å². The van der Waals surface area contributed by atoms with E-state index in [9.17, 15) is 5.26 Å². The summed E-state index contributed by atoms with van der Waals surface area (Å²) in [6.07, 6.45) is 0. The van der Waals surface area contributed by atoms with Crippen molar-refractivity contribution >= 4 is 38.6 Å². The Labute approximate surface area is 308 Å².